The van der Waals surface area contributed by atoms with Crippen molar-refractivity contribution in [3.63, 3.8) is 0 Å². The van der Waals surface area contributed by atoms with Gasteiger partial charge in [-0.15, -0.1) is 23.1 Å². The van der Waals surface area contributed by atoms with Crippen LogP contribution in [0.15, 0.2) is 58.6 Å². The molecule has 0 aliphatic carbocycles. The second kappa shape index (κ2) is 10.3. The average Bonchev–Trinajstić information content (AvgIpc) is 3.53. The molecule has 0 aromatic carbocycles. The topological polar surface area (TPSA) is 193 Å². The summed E-state index contributed by atoms with van der Waals surface area (Å²) in [5.41, 5.74) is 4.89. The fraction of sp³-hybridized carbons (Fsp3) is 0.292. The Bertz CT molecular complexity index is 1610. The molecule has 14 nitrogen and oxygen atoms in total. The maximum absolute atomic E-state index is 13.2. The van der Waals surface area contributed by atoms with Crippen molar-refractivity contribution in [3.8, 4) is 0 Å². The van der Waals surface area contributed by atoms with Crippen molar-refractivity contribution in [2.45, 2.75) is 37.4 Å². The van der Waals surface area contributed by atoms with E-state index in [1.165, 1.54) is 35.9 Å². The number of anilines is 1. The Morgan fingerprint density at radius 2 is 2.08 bits per heavy atom. The number of nitrogens with one attached hydrogen (secondary N) is 1. The van der Waals surface area contributed by atoms with Gasteiger partial charge in [0, 0.05) is 22.8 Å². The first kappa shape index (κ1) is 27.1. The third-order valence-corrected chi connectivity index (χ3v) is 8.34. The number of aromatic nitrogens is 3. The average molecular weight is 587 g/mol. The van der Waals surface area contributed by atoms with Crippen LogP contribution in [-0.4, -0.2) is 76.7 Å². The number of β-lactam (4-membered cyclic amide) rings is 1. The van der Waals surface area contributed by atoms with Crippen molar-refractivity contribution < 1.29 is 38.8 Å². The summed E-state index contributed by atoms with van der Waals surface area (Å²) in [6.07, 6.45) is 5.56. The molecule has 0 bridgehead atoms. The van der Waals surface area contributed by atoms with E-state index in [9.17, 15) is 29.4 Å². The number of fused-ring (bicyclic) bond motifs is 2. The lowest BCUT2D eigenvalue weighted by atomic mass is 10.0. The lowest BCUT2D eigenvalue weighted by Crippen LogP contribution is -2.71. The van der Waals surface area contributed by atoms with Crippen LogP contribution in [0.25, 0.3) is 5.65 Å². The van der Waals surface area contributed by atoms with E-state index in [1.807, 2.05) is 45.8 Å². The first-order chi connectivity index (χ1) is 19.0. The number of thiazole rings is 1. The molecular formula is C24H24N7O7S2+. The molecule has 16 heteroatoms. The number of aliphatic carboxylic acids is 2. The highest BCUT2D eigenvalue weighted by molar-refractivity contribution is 8.00. The summed E-state index contributed by atoms with van der Waals surface area (Å²) in [6, 6.07) is 4.61. The maximum atomic E-state index is 13.2. The molecule has 1 saturated heterocycles. The molecule has 0 spiro atoms. The van der Waals surface area contributed by atoms with Gasteiger partial charge in [-0.3, -0.25) is 14.5 Å². The Morgan fingerprint density at radius 1 is 1.30 bits per heavy atom. The predicted molar refractivity (Wildman–Crippen MR) is 143 cm³/mol. The zero-order chi connectivity index (χ0) is 28.8. The number of nitrogens with zero attached hydrogens (tertiary/aromatic N) is 5. The molecule has 208 valence electrons. The van der Waals surface area contributed by atoms with E-state index in [0.29, 0.717) is 11.3 Å². The summed E-state index contributed by atoms with van der Waals surface area (Å²) in [6.45, 7) is 2.77. The summed E-state index contributed by atoms with van der Waals surface area (Å²) in [7, 11) is 0. The maximum Gasteiger partial charge on any atom is 0.352 e. The smallest absolute Gasteiger partial charge is 0.352 e. The number of carboxylic acids is 2. The van der Waals surface area contributed by atoms with E-state index in [2.05, 4.69) is 15.5 Å². The Morgan fingerprint density at radius 3 is 2.75 bits per heavy atom. The number of rotatable bonds is 9. The summed E-state index contributed by atoms with van der Waals surface area (Å²) < 4.78 is 3.79. The van der Waals surface area contributed by atoms with Crippen LogP contribution < -0.4 is 15.6 Å². The van der Waals surface area contributed by atoms with Gasteiger partial charge in [-0.25, -0.2) is 23.5 Å². The largest absolute Gasteiger partial charge is 0.478 e. The van der Waals surface area contributed by atoms with Gasteiger partial charge in [-0.1, -0.05) is 11.2 Å². The lowest BCUT2D eigenvalue weighted by Gasteiger charge is -2.49. The summed E-state index contributed by atoms with van der Waals surface area (Å²) in [5, 5.41) is 26.6. The third-order valence-electron chi connectivity index (χ3n) is 6.33. The van der Waals surface area contributed by atoms with E-state index in [4.69, 9.17) is 10.6 Å². The van der Waals surface area contributed by atoms with Crippen molar-refractivity contribution >= 4 is 63.3 Å². The first-order valence-electron chi connectivity index (χ1n) is 11.8. The van der Waals surface area contributed by atoms with Gasteiger partial charge in [0.1, 0.15) is 41.7 Å². The van der Waals surface area contributed by atoms with Crippen LogP contribution in [0.3, 0.4) is 0 Å². The Balaban J connectivity index is 1.37. The number of amides is 2. The van der Waals surface area contributed by atoms with Crippen LogP contribution in [0.2, 0.25) is 0 Å². The number of carboxylic acid groups (broad SMARTS) is 2. The monoisotopic (exact) mass is 586 g/mol. The van der Waals surface area contributed by atoms with Crippen LogP contribution in [0.1, 0.15) is 19.5 Å². The molecule has 0 radical (unpaired) electrons. The minimum atomic E-state index is -1.75. The standard InChI is InChI=1S/C24H23N7O7S2/c1-24(2,22(36)37)38-28-15(13-11-40-23(25)26-13)18(32)27-16-19(33)31-17(21(34)35)12(10-39-20(16)31)9-30-8-7-29-6-4-3-5-14(29)30/h3-8,11,16,20H,9-10H2,1-2H3,(H4-,25,26,27,32,34,35,36,37)/p+1/t16-,20+/m1/s1. The van der Waals surface area contributed by atoms with Crippen LogP contribution in [-0.2, 0) is 30.6 Å². The molecule has 40 heavy (non-hydrogen) atoms. The molecule has 5 N–H and O–H groups in total. The van der Waals surface area contributed by atoms with Crippen molar-refractivity contribution in [2.75, 3.05) is 11.5 Å². The number of nitrogen functional groups attached to an aromatic ring is 1. The number of carbonyl (C=O) groups excluding carboxylic acids is 2. The number of nitrogens with two attached hydrogens (primary N) is 1. The highest BCUT2D eigenvalue weighted by atomic mass is 32.2. The first-order valence-corrected chi connectivity index (χ1v) is 13.8. The molecule has 0 saturated carbocycles. The Hall–Kier alpha value is -4.44. The summed E-state index contributed by atoms with van der Waals surface area (Å²) >= 11 is 2.36. The molecule has 3 aromatic heterocycles. The molecule has 2 atom stereocenters. The number of thioether (sulfide) groups is 1. The molecule has 2 aliphatic heterocycles. The molecule has 0 unspecified atom stereocenters. The minimum absolute atomic E-state index is 0.0336. The summed E-state index contributed by atoms with van der Waals surface area (Å²) in [4.78, 5) is 60.4. The van der Waals surface area contributed by atoms with Gasteiger partial charge in [0.25, 0.3) is 17.5 Å². The quantitative estimate of drug-likeness (QED) is 0.117. The van der Waals surface area contributed by atoms with Gasteiger partial charge in [0.2, 0.25) is 5.60 Å². The highest BCUT2D eigenvalue weighted by Crippen LogP contribution is 2.40. The molecular weight excluding hydrogens is 562 g/mol. The van der Waals surface area contributed by atoms with Gasteiger partial charge < -0.3 is 26.1 Å². The van der Waals surface area contributed by atoms with Crippen molar-refractivity contribution in [2.24, 2.45) is 5.16 Å². The molecule has 2 amide bonds. The van der Waals surface area contributed by atoms with Gasteiger partial charge in [0.05, 0.1) is 6.20 Å². The van der Waals surface area contributed by atoms with Crippen molar-refractivity contribution in [3.05, 3.63) is 59.1 Å². The molecule has 2 aliphatic rings. The summed E-state index contributed by atoms with van der Waals surface area (Å²) in [5.74, 6) is -3.69. The van der Waals surface area contributed by atoms with E-state index >= 15 is 0 Å². The van der Waals surface area contributed by atoms with Gasteiger partial charge >= 0.3 is 11.9 Å². The number of hydrogen-bond acceptors (Lipinski definition) is 10. The number of pyridine rings is 1. The second-order valence-corrected chi connectivity index (χ2v) is 11.4. The van der Waals surface area contributed by atoms with Crippen LogP contribution in [0.4, 0.5) is 5.13 Å². The fourth-order valence-corrected chi connectivity index (χ4v) is 6.08. The van der Waals surface area contributed by atoms with Crippen LogP contribution >= 0.6 is 23.1 Å². The highest BCUT2D eigenvalue weighted by Gasteiger charge is 2.54. The van der Waals surface area contributed by atoms with Crippen LogP contribution in [0, 0.1) is 0 Å². The number of hydrogen-bond donors (Lipinski definition) is 4. The lowest BCUT2D eigenvalue weighted by molar-refractivity contribution is -0.662. The predicted octanol–water partition coefficient (Wildman–Crippen LogP) is 0.288. The van der Waals surface area contributed by atoms with Gasteiger partial charge in [-0.05, 0) is 19.9 Å². The molecule has 3 aromatic rings. The van der Waals surface area contributed by atoms with Gasteiger partial charge in [0.15, 0.2) is 10.8 Å². The second-order valence-electron chi connectivity index (χ2n) is 9.43. The molecule has 1 fully saturated rings. The van der Waals surface area contributed by atoms with Crippen molar-refractivity contribution in [1.82, 2.24) is 19.6 Å². The van der Waals surface area contributed by atoms with Crippen molar-refractivity contribution in [1.29, 1.82) is 0 Å². The molecule has 5 heterocycles. The number of oxime groups is 1. The fourth-order valence-electron chi connectivity index (χ4n) is 4.20. The SMILES string of the molecule is CC(C)(ON=C(C(=O)N[C@@H]1C(=O)N2C(C(=O)O)=C(C[n+]3ccn4ccccc43)CS[C@@H]12)c1csc(N)n1)C(=O)O. The van der Waals surface area contributed by atoms with E-state index < -0.39 is 40.8 Å². The Labute approximate surface area is 234 Å². The zero-order valence-corrected chi connectivity index (χ0v) is 22.8. The zero-order valence-electron chi connectivity index (χ0n) is 21.2. The third kappa shape index (κ3) is 4.86. The molecule has 5 rings (SSSR count). The van der Waals surface area contributed by atoms with Gasteiger partial charge in [-0.2, -0.15) is 0 Å². The Kier molecular flexibility index (Phi) is 6.97. The van der Waals surface area contributed by atoms with E-state index in [1.54, 1.807) is 0 Å². The number of carbonyl (C=O) groups is 4. The minimum Gasteiger partial charge on any atom is -0.478 e. The van der Waals surface area contributed by atoms with E-state index in [-0.39, 0.29) is 28.8 Å². The van der Waals surface area contributed by atoms with E-state index in [0.717, 1.165) is 17.0 Å². The normalized spacial score (nSPS) is 19.3. The number of imidazole rings is 1. The van der Waals surface area contributed by atoms with Crippen LogP contribution in [0.5, 0.6) is 0 Å².